The number of anilines is 1. The molecule has 0 bridgehead atoms. The molecule has 1 saturated carbocycles. The summed E-state index contributed by atoms with van der Waals surface area (Å²) < 4.78 is 50.5. The van der Waals surface area contributed by atoms with Crippen LogP contribution in [-0.2, 0) is 15.7 Å². The lowest BCUT2D eigenvalue weighted by atomic mass is 9.91. The number of aliphatic hydroxyl groups is 1. The number of benzene rings is 1. The summed E-state index contributed by atoms with van der Waals surface area (Å²) in [5.74, 6) is 5.45. The molecular formula is C20H24F3NO3. The van der Waals surface area contributed by atoms with Crippen LogP contribution in [-0.4, -0.2) is 50.2 Å². The number of halogens is 3. The van der Waals surface area contributed by atoms with E-state index in [4.69, 9.17) is 9.47 Å². The van der Waals surface area contributed by atoms with Crippen molar-refractivity contribution in [3.63, 3.8) is 0 Å². The normalized spacial score (nSPS) is 23.5. The first-order chi connectivity index (χ1) is 12.8. The van der Waals surface area contributed by atoms with Gasteiger partial charge in [0.15, 0.2) is 0 Å². The smallest absolute Gasteiger partial charge is 0.393 e. The second-order valence-electron chi connectivity index (χ2n) is 7.07. The van der Waals surface area contributed by atoms with E-state index in [9.17, 15) is 18.3 Å². The van der Waals surface area contributed by atoms with Crippen LogP contribution in [0.3, 0.4) is 0 Å². The van der Waals surface area contributed by atoms with Gasteiger partial charge in [-0.15, -0.1) is 0 Å². The van der Waals surface area contributed by atoms with Crippen molar-refractivity contribution < 1.29 is 27.8 Å². The number of nitrogens with zero attached hydrogens (tertiary/aromatic N) is 1. The molecule has 3 rings (SSSR count). The van der Waals surface area contributed by atoms with E-state index in [-0.39, 0.29) is 24.9 Å². The number of methoxy groups -OCH3 is 1. The summed E-state index contributed by atoms with van der Waals surface area (Å²) in [6.45, 7) is 1.43. The molecule has 1 aromatic rings. The summed E-state index contributed by atoms with van der Waals surface area (Å²) in [4.78, 5) is 1.95. The van der Waals surface area contributed by atoms with Crippen LogP contribution in [0.1, 0.15) is 36.8 Å². The summed E-state index contributed by atoms with van der Waals surface area (Å²) in [7, 11) is 1.49. The van der Waals surface area contributed by atoms with Gasteiger partial charge in [-0.3, -0.25) is 0 Å². The Hall–Kier alpha value is -1.75. The summed E-state index contributed by atoms with van der Waals surface area (Å²) in [6, 6.07) is 3.95. The Kier molecular flexibility index (Phi) is 6.30. The predicted molar refractivity (Wildman–Crippen MR) is 95.5 cm³/mol. The first kappa shape index (κ1) is 20.0. The van der Waals surface area contributed by atoms with Crippen molar-refractivity contribution in [2.75, 3.05) is 31.7 Å². The minimum absolute atomic E-state index is 0.102. The first-order valence-corrected chi connectivity index (χ1v) is 9.13. The SMILES string of the molecule is COCC#Cc1cc(N2CCC(OC3CC(O)C3)CC2)cc(C(F)(F)F)c1. The maximum atomic E-state index is 13.3. The highest BCUT2D eigenvalue weighted by molar-refractivity contribution is 5.56. The molecule has 148 valence electrons. The molecule has 4 nitrogen and oxygen atoms in total. The van der Waals surface area contributed by atoms with Gasteiger partial charge in [-0.25, -0.2) is 0 Å². The number of rotatable bonds is 4. The molecule has 1 aliphatic heterocycles. The molecule has 0 atom stereocenters. The Morgan fingerprint density at radius 1 is 1.15 bits per heavy atom. The van der Waals surface area contributed by atoms with E-state index in [2.05, 4.69) is 11.8 Å². The van der Waals surface area contributed by atoms with E-state index in [1.807, 2.05) is 4.90 Å². The number of hydrogen-bond donors (Lipinski definition) is 1. The van der Waals surface area contributed by atoms with Crippen LogP contribution in [0.2, 0.25) is 0 Å². The minimum atomic E-state index is -4.42. The van der Waals surface area contributed by atoms with Gasteiger partial charge in [0.25, 0.3) is 0 Å². The fourth-order valence-electron chi connectivity index (χ4n) is 3.41. The molecule has 1 N–H and O–H groups in total. The van der Waals surface area contributed by atoms with E-state index in [0.29, 0.717) is 37.2 Å². The fraction of sp³-hybridized carbons (Fsp3) is 0.600. The van der Waals surface area contributed by atoms with Gasteiger partial charge in [0, 0.05) is 31.5 Å². The molecule has 0 aromatic heterocycles. The van der Waals surface area contributed by atoms with Crippen molar-refractivity contribution in [2.24, 2.45) is 0 Å². The Morgan fingerprint density at radius 2 is 1.85 bits per heavy atom. The second kappa shape index (κ2) is 8.51. The van der Waals surface area contributed by atoms with Gasteiger partial charge in [0.2, 0.25) is 0 Å². The van der Waals surface area contributed by atoms with Crippen LogP contribution in [0.25, 0.3) is 0 Å². The Morgan fingerprint density at radius 3 is 2.44 bits per heavy atom. The number of alkyl halides is 3. The maximum absolute atomic E-state index is 13.3. The molecule has 0 radical (unpaired) electrons. The predicted octanol–water partition coefficient (Wildman–Crippen LogP) is 3.21. The molecule has 1 aliphatic carbocycles. The highest BCUT2D eigenvalue weighted by Gasteiger charge is 2.33. The zero-order chi connectivity index (χ0) is 19.4. The van der Waals surface area contributed by atoms with Crippen LogP contribution >= 0.6 is 0 Å². The van der Waals surface area contributed by atoms with Gasteiger partial charge in [-0.05, 0) is 43.9 Å². The van der Waals surface area contributed by atoms with Crippen molar-refractivity contribution >= 4 is 5.69 Å². The van der Waals surface area contributed by atoms with Crippen molar-refractivity contribution in [1.29, 1.82) is 0 Å². The van der Waals surface area contributed by atoms with Crippen LogP contribution < -0.4 is 4.90 Å². The van der Waals surface area contributed by atoms with E-state index >= 15 is 0 Å². The highest BCUT2D eigenvalue weighted by atomic mass is 19.4. The fourth-order valence-corrected chi connectivity index (χ4v) is 3.41. The Balaban J connectivity index is 1.68. The zero-order valence-corrected chi connectivity index (χ0v) is 15.3. The second-order valence-corrected chi connectivity index (χ2v) is 7.07. The van der Waals surface area contributed by atoms with Gasteiger partial charge in [-0.2, -0.15) is 13.2 Å². The van der Waals surface area contributed by atoms with Crippen LogP contribution in [0.4, 0.5) is 18.9 Å². The first-order valence-electron chi connectivity index (χ1n) is 9.13. The van der Waals surface area contributed by atoms with E-state index in [0.717, 1.165) is 18.9 Å². The number of aliphatic hydroxyl groups excluding tert-OH is 1. The molecule has 27 heavy (non-hydrogen) atoms. The Bertz CT molecular complexity index is 697. The number of hydrogen-bond acceptors (Lipinski definition) is 4. The van der Waals surface area contributed by atoms with Crippen LogP contribution in [0.5, 0.6) is 0 Å². The lowest BCUT2D eigenvalue weighted by molar-refractivity contribution is -0.137. The molecule has 0 spiro atoms. The molecule has 0 amide bonds. The average Bonchev–Trinajstić information content (AvgIpc) is 2.60. The van der Waals surface area contributed by atoms with Crippen LogP contribution in [0, 0.1) is 11.8 Å². The van der Waals surface area contributed by atoms with E-state index < -0.39 is 11.7 Å². The standard InChI is InChI=1S/C20H24F3NO3/c1-26-8-2-3-14-9-15(20(21,22)23)11-16(10-14)24-6-4-18(5-7-24)27-19-12-17(25)13-19/h9-11,17-19,25H,4-8,12-13H2,1H3. The van der Waals surface area contributed by atoms with Gasteiger partial charge < -0.3 is 19.5 Å². The third-order valence-electron chi connectivity index (χ3n) is 4.96. The summed E-state index contributed by atoms with van der Waals surface area (Å²) in [5.41, 5.74) is 0.173. The van der Waals surface area contributed by atoms with Crippen molar-refractivity contribution in [3.05, 3.63) is 29.3 Å². The molecule has 7 heteroatoms. The minimum Gasteiger partial charge on any atom is -0.393 e. The van der Waals surface area contributed by atoms with E-state index in [1.54, 1.807) is 6.07 Å². The van der Waals surface area contributed by atoms with Crippen molar-refractivity contribution in [2.45, 2.75) is 50.2 Å². The highest BCUT2D eigenvalue weighted by Crippen LogP contribution is 2.34. The van der Waals surface area contributed by atoms with Gasteiger partial charge >= 0.3 is 6.18 Å². The van der Waals surface area contributed by atoms with Crippen molar-refractivity contribution in [1.82, 2.24) is 0 Å². The number of ether oxygens (including phenoxy) is 2. The monoisotopic (exact) mass is 383 g/mol. The molecular weight excluding hydrogens is 359 g/mol. The summed E-state index contributed by atoms with van der Waals surface area (Å²) >= 11 is 0. The third kappa shape index (κ3) is 5.38. The average molecular weight is 383 g/mol. The largest absolute Gasteiger partial charge is 0.416 e. The summed E-state index contributed by atoms with van der Waals surface area (Å²) in [6.07, 6.45) is -1.58. The molecule has 2 aliphatic rings. The van der Waals surface area contributed by atoms with Crippen molar-refractivity contribution in [3.8, 4) is 11.8 Å². The van der Waals surface area contributed by atoms with E-state index in [1.165, 1.54) is 13.2 Å². The lowest BCUT2D eigenvalue weighted by Gasteiger charge is -2.39. The van der Waals surface area contributed by atoms with Gasteiger partial charge in [0.1, 0.15) is 6.61 Å². The molecule has 1 aromatic carbocycles. The summed E-state index contributed by atoms with van der Waals surface area (Å²) in [5, 5.41) is 9.33. The Labute approximate surface area is 157 Å². The molecule has 1 heterocycles. The molecule has 1 saturated heterocycles. The topological polar surface area (TPSA) is 41.9 Å². The maximum Gasteiger partial charge on any atom is 0.416 e. The van der Waals surface area contributed by atoms with Gasteiger partial charge in [0.05, 0.1) is 23.9 Å². The third-order valence-corrected chi connectivity index (χ3v) is 4.96. The zero-order valence-electron chi connectivity index (χ0n) is 15.3. The van der Waals surface area contributed by atoms with Crippen LogP contribution in [0.15, 0.2) is 18.2 Å². The quantitative estimate of drug-likeness (QED) is 0.811. The number of piperidine rings is 1. The molecule has 0 unspecified atom stereocenters. The molecule has 2 fully saturated rings. The lowest BCUT2D eigenvalue weighted by Crippen LogP contribution is -2.43. The van der Waals surface area contributed by atoms with Gasteiger partial charge in [-0.1, -0.05) is 11.8 Å².